The number of halogens is 3. The fraction of sp³-hybridized carbons (Fsp3) is 0.438. The van der Waals surface area contributed by atoms with Crippen LogP contribution in [0.1, 0.15) is 32.6 Å². The van der Waals surface area contributed by atoms with Crippen molar-refractivity contribution in [2.45, 2.75) is 40.0 Å². The van der Waals surface area contributed by atoms with E-state index in [1.54, 1.807) is 6.07 Å². The molecule has 0 amide bonds. The minimum Gasteiger partial charge on any atom is -0.410 e. The molecule has 2 rings (SSSR count). The van der Waals surface area contributed by atoms with Crippen LogP contribution in [0.4, 0.5) is 8.78 Å². The van der Waals surface area contributed by atoms with Gasteiger partial charge in [-0.05, 0) is 30.6 Å². The first-order valence-electron chi connectivity index (χ1n) is 7.37. The Bertz CT molecular complexity index is 698. The molecule has 1 aromatic heterocycles. The third kappa shape index (κ3) is 3.99. The Hall–Kier alpha value is -1.24. The summed E-state index contributed by atoms with van der Waals surface area (Å²) in [6, 6.07) is 3.56. The molecule has 0 N–H and O–H groups in total. The van der Waals surface area contributed by atoms with Gasteiger partial charge in [0.25, 0.3) is 0 Å². The highest BCUT2D eigenvalue weighted by atomic mass is 35.5. The van der Waals surface area contributed by atoms with Gasteiger partial charge in [0.05, 0.1) is 10.6 Å². The Morgan fingerprint density at radius 2 is 1.83 bits per heavy atom. The molecular weight excluding hydrogens is 340 g/mol. The highest BCUT2D eigenvalue weighted by Gasteiger charge is 2.32. The van der Waals surface area contributed by atoms with Gasteiger partial charge in [-0.25, -0.2) is 8.78 Å². The average molecular weight is 360 g/mol. The minimum absolute atomic E-state index is 0.101. The van der Waals surface area contributed by atoms with E-state index in [0.717, 1.165) is 12.1 Å². The fourth-order valence-electron chi connectivity index (χ4n) is 2.26. The Labute approximate surface area is 141 Å². The molecule has 0 aliphatic heterocycles. The molecule has 3 nitrogen and oxygen atoms in total. The van der Waals surface area contributed by atoms with Crippen molar-refractivity contribution in [1.29, 1.82) is 0 Å². The van der Waals surface area contributed by atoms with E-state index in [2.05, 4.69) is 18.3 Å². The molecule has 1 aromatic carbocycles. The molecule has 0 saturated carbocycles. The number of hydrogen-bond donors (Lipinski definition) is 0. The predicted octanol–water partition coefficient (Wildman–Crippen LogP) is 5.36. The van der Waals surface area contributed by atoms with Gasteiger partial charge in [-0.3, -0.25) is 0 Å². The van der Waals surface area contributed by atoms with Crippen LogP contribution in [-0.4, -0.2) is 14.2 Å². The average Bonchev–Trinajstić information content (AvgIpc) is 2.88. The van der Waals surface area contributed by atoms with Crippen molar-refractivity contribution in [3.05, 3.63) is 40.6 Å². The van der Waals surface area contributed by atoms with E-state index in [-0.39, 0.29) is 27.8 Å². The molecule has 23 heavy (non-hydrogen) atoms. The van der Waals surface area contributed by atoms with Crippen molar-refractivity contribution in [1.82, 2.24) is 5.16 Å². The first-order chi connectivity index (χ1) is 10.6. The van der Waals surface area contributed by atoms with Gasteiger partial charge < -0.3 is 8.95 Å². The Morgan fingerprint density at radius 1 is 1.22 bits per heavy atom. The minimum atomic E-state index is -1.34. The number of hydrogen-bond acceptors (Lipinski definition) is 3. The zero-order valence-electron chi connectivity index (χ0n) is 13.8. The Morgan fingerprint density at radius 3 is 2.39 bits per heavy atom. The fourth-order valence-corrected chi connectivity index (χ4v) is 3.60. The summed E-state index contributed by atoms with van der Waals surface area (Å²) in [5.41, 5.74) is -0.167. The maximum absolute atomic E-state index is 14.0. The van der Waals surface area contributed by atoms with E-state index in [0.29, 0.717) is 5.76 Å². The van der Waals surface area contributed by atoms with Crippen LogP contribution in [0.5, 0.6) is 0 Å². The van der Waals surface area contributed by atoms with Gasteiger partial charge in [0, 0.05) is 6.07 Å². The molecule has 0 fully saturated rings. The highest BCUT2D eigenvalue weighted by Crippen LogP contribution is 2.39. The summed E-state index contributed by atoms with van der Waals surface area (Å²) in [6.07, 6.45) is -0.314. The van der Waals surface area contributed by atoms with Crippen molar-refractivity contribution in [3.63, 3.8) is 0 Å². The van der Waals surface area contributed by atoms with Gasteiger partial charge in [-0.1, -0.05) is 37.5 Å². The van der Waals surface area contributed by atoms with Gasteiger partial charge in [0.2, 0.25) is 0 Å². The largest absolute Gasteiger partial charge is 0.410 e. The van der Waals surface area contributed by atoms with Crippen LogP contribution in [-0.2, 0) is 4.43 Å². The van der Waals surface area contributed by atoms with Gasteiger partial charge in [-0.15, -0.1) is 0 Å². The lowest BCUT2D eigenvalue weighted by Crippen LogP contribution is -2.25. The van der Waals surface area contributed by atoms with E-state index in [9.17, 15) is 8.78 Å². The van der Waals surface area contributed by atoms with E-state index < -0.39 is 20.7 Å². The predicted molar refractivity (Wildman–Crippen MR) is 89.0 cm³/mol. The molecule has 7 heteroatoms. The number of nitrogens with zero attached hydrogens (tertiary/aromatic N) is 1. The first-order valence-corrected chi connectivity index (χ1v) is 10.5. The summed E-state index contributed by atoms with van der Waals surface area (Å²) in [7, 11) is -1.34. The van der Waals surface area contributed by atoms with Crippen LogP contribution in [0.2, 0.25) is 18.1 Å². The Balaban J connectivity index is 2.46. The molecule has 2 aromatic rings. The summed E-state index contributed by atoms with van der Waals surface area (Å²) in [5, 5.41) is 3.55. The molecule has 0 aliphatic carbocycles. The van der Waals surface area contributed by atoms with Crippen LogP contribution in [0.25, 0.3) is 11.3 Å². The van der Waals surface area contributed by atoms with E-state index in [1.807, 2.05) is 20.8 Å². The lowest BCUT2D eigenvalue weighted by atomic mass is 9.87. The summed E-state index contributed by atoms with van der Waals surface area (Å²) >= 11 is 5.88. The van der Waals surface area contributed by atoms with E-state index in [4.69, 9.17) is 20.6 Å². The Kier molecular flexibility index (Phi) is 5.28. The molecule has 0 radical (unpaired) electrons. The standard InChI is InChI=1S/C16H20ClF2NO2Si/c1-16(2,3)15(22-23(4)5)12-8-11(20-21-12)13-9(18)6-7-10(19)14(13)17/h6-8,15,23H,1-5H3. The van der Waals surface area contributed by atoms with Crippen LogP contribution < -0.4 is 0 Å². The topological polar surface area (TPSA) is 35.3 Å². The van der Waals surface area contributed by atoms with Gasteiger partial charge in [-0.2, -0.15) is 0 Å². The van der Waals surface area contributed by atoms with Crippen molar-refractivity contribution in [2.75, 3.05) is 0 Å². The maximum Gasteiger partial charge on any atom is 0.172 e. The van der Waals surface area contributed by atoms with Gasteiger partial charge in [0.15, 0.2) is 14.8 Å². The van der Waals surface area contributed by atoms with Gasteiger partial charge >= 0.3 is 0 Å². The molecule has 0 bridgehead atoms. The van der Waals surface area contributed by atoms with Crippen molar-refractivity contribution >= 4 is 20.6 Å². The second-order valence-corrected chi connectivity index (χ2v) is 9.51. The second kappa shape index (κ2) is 6.71. The van der Waals surface area contributed by atoms with E-state index in [1.165, 1.54) is 0 Å². The molecule has 126 valence electrons. The third-order valence-corrected chi connectivity index (χ3v) is 4.47. The van der Waals surface area contributed by atoms with Crippen LogP contribution in [0.3, 0.4) is 0 Å². The summed E-state index contributed by atoms with van der Waals surface area (Å²) < 4.78 is 39.0. The molecular formula is C16H20ClF2NO2Si. The van der Waals surface area contributed by atoms with Crippen molar-refractivity contribution in [2.24, 2.45) is 5.41 Å². The van der Waals surface area contributed by atoms with Gasteiger partial charge in [0.1, 0.15) is 23.4 Å². The van der Waals surface area contributed by atoms with Crippen molar-refractivity contribution < 1.29 is 17.7 Å². The van der Waals surface area contributed by atoms with Crippen LogP contribution in [0.15, 0.2) is 22.7 Å². The molecule has 1 unspecified atom stereocenters. The summed E-state index contributed by atoms with van der Waals surface area (Å²) in [6.45, 7) is 10.2. The SMILES string of the molecule is C[SiH](C)OC(c1cc(-c2c(F)ccc(F)c2Cl)no1)C(C)(C)C. The zero-order valence-corrected chi connectivity index (χ0v) is 15.7. The highest BCUT2D eigenvalue weighted by molar-refractivity contribution is 6.48. The number of rotatable bonds is 4. The molecule has 0 saturated heterocycles. The molecule has 0 spiro atoms. The van der Waals surface area contributed by atoms with Crippen LogP contribution in [0, 0.1) is 17.0 Å². The summed E-state index contributed by atoms with van der Waals surface area (Å²) in [4.78, 5) is 0. The van der Waals surface area contributed by atoms with Crippen molar-refractivity contribution in [3.8, 4) is 11.3 Å². The second-order valence-electron chi connectivity index (χ2n) is 6.76. The monoisotopic (exact) mass is 359 g/mol. The lowest BCUT2D eigenvalue weighted by Gasteiger charge is -2.30. The quantitative estimate of drug-likeness (QED) is 0.544. The first kappa shape index (κ1) is 18.1. The summed E-state index contributed by atoms with van der Waals surface area (Å²) in [5.74, 6) is -0.873. The third-order valence-electron chi connectivity index (χ3n) is 3.28. The number of benzene rings is 1. The number of aromatic nitrogens is 1. The zero-order chi connectivity index (χ0) is 17.4. The van der Waals surface area contributed by atoms with Crippen LogP contribution >= 0.6 is 11.6 Å². The molecule has 1 atom stereocenters. The lowest BCUT2D eigenvalue weighted by molar-refractivity contribution is 0.0603. The normalized spacial score (nSPS) is 13.6. The smallest absolute Gasteiger partial charge is 0.172 e. The molecule has 0 aliphatic rings. The van der Waals surface area contributed by atoms with E-state index >= 15 is 0 Å². The maximum atomic E-state index is 14.0. The molecule has 1 heterocycles.